The maximum Gasteiger partial charge on any atom is 0.191 e. The van der Waals surface area contributed by atoms with E-state index in [-0.39, 0.29) is 24.0 Å². The first kappa shape index (κ1) is 24.0. The van der Waals surface area contributed by atoms with Crippen LogP contribution in [0.15, 0.2) is 29.3 Å². The zero-order chi connectivity index (χ0) is 17.8. The second-order valence-corrected chi connectivity index (χ2v) is 6.68. The number of hydrogen-bond acceptors (Lipinski definition) is 3. The van der Waals surface area contributed by atoms with Gasteiger partial charge in [-0.3, -0.25) is 4.99 Å². The van der Waals surface area contributed by atoms with Gasteiger partial charge < -0.3 is 20.3 Å². The molecule has 1 aromatic carbocycles. The number of guanidine groups is 1. The maximum atomic E-state index is 5.75. The molecule has 144 valence electrons. The lowest BCUT2D eigenvalue weighted by atomic mass is 10.1. The SMILES string of the molecule is CN=C(NCCC(C)C)NCc1ccc(OCCCN(C)C)cc1.I. The van der Waals surface area contributed by atoms with Crippen molar-refractivity contribution in [2.45, 2.75) is 33.2 Å². The molecular formula is C19H35IN4O. The van der Waals surface area contributed by atoms with Crippen LogP contribution in [0.2, 0.25) is 0 Å². The van der Waals surface area contributed by atoms with Gasteiger partial charge in [-0.25, -0.2) is 0 Å². The largest absolute Gasteiger partial charge is 0.494 e. The normalized spacial score (nSPS) is 11.4. The van der Waals surface area contributed by atoms with E-state index in [1.54, 1.807) is 7.05 Å². The standard InChI is InChI=1S/C19H34N4O.HI/c1-16(2)11-12-21-19(20-3)22-15-17-7-9-18(10-8-17)24-14-6-13-23(4)5;/h7-10,16H,6,11-15H2,1-5H3,(H2,20,21,22);1H. The summed E-state index contributed by atoms with van der Waals surface area (Å²) in [4.78, 5) is 6.41. The quantitative estimate of drug-likeness (QED) is 0.242. The minimum Gasteiger partial charge on any atom is -0.494 e. The van der Waals surface area contributed by atoms with Gasteiger partial charge in [-0.15, -0.1) is 24.0 Å². The van der Waals surface area contributed by atoms with E-state index in [1.165, 1.54) is 5.56 Å². The highest BCUT2D eigenvalue weighted by atomic mass is 127. The van der Waals surface area contributed by atoms with Gasteiger partial charge in [0.05, 0.1) is 6.61 Å². The smallest absolute Gasteiger partial charge is 0.191 e. The summed E-state index contributed by atoms with van der Waals surface area (Å²) in [5.41, 5.74) is 1.21. The van der Waals surface area contributed by atoms with Gasteiger partial charge in [-0.2, -0.15) is 0 Å². The average Bonchev–Trinajstić information content (AvgIpc) is 2.55. The number of nitrogens with one attached hydrogen (secondary N) is 2. The third kappa shape index (κ3) is 12.0. The number of nitrogens with zero attached hydrogens (tertiary/aromatic N) is 2. The summed E-state index contributed by atoms with van der Waals surface area (Å²) < 4.78 is 5.75. The van der Waals surface area contributed by atoms with Gasteiger partial charge in [0.2, 0.25) is 0 Å². The molecule has 0 saturated heterocycles. The fraction of sp³-hybridized carbons (Fsp3) is 0.632. The number of ether oxygens (including phenoxy) is 1. The third-order valence-electron chi connectivity index (χ3n) is 3.64. The summed E-state index contributed by atoms with van der Waals surface area (Å²) in [5, 5.41) is 6.67. The van der Waals surface area contributed by atoms with Gasteiger partial charge in [0.25, 0.3) is 0 Å². The monoisotopic (exact) mass is 462 g/mol. The predicted octanol–water partition coefficient (Wildman–Crippen LogP) is 3.35. The zero-order valence-corrected chi connectivity index (χ0v) is 18.7. The maximum absolute atomic E-state index is 5.75. The van der Waals surface area contributed by atoms with E-state index in [1.807, 2.05) is 12.1 Å². The third-order valence-corrected chi connectivity index (χ3v) is 3.64. The molecule has 1 rings (SSSR count). The molecule has 0 unspecified atom stereocenters. The van der Waals surface area contributed by atoms with E-state index in [0.717, 1.165) is 50.8 Å². The lowest BCUT2D eigenvalue weighted by Gasteiger charge is -2.13. The first-order chi connectivity index (χ1) is 11.5. The van der Waals surface area contributed by atoms with Crippen molar-refractivity contribution in [2.24, 2.45) is 10.9 Å². The Hall–Kier alpha value is -1.02. The minimum atomic E-state index is 0. The van der Waals surface area contributed by atoms with Crippen molar-refractivity contribution < 1.29 is 4.74 Å². The number of halogens is 1. The number of hydrogen-bond donors (Lipinski definition) is 2. The molecule has 0 aliphatic carbocycles. The van der Waals surface area contributed by atoms with Gasteiger partial charge in [0.15, 0.2) is 5.96 Å². The summed E-state index contributed by atoms with van der Waals surface area (Å²) in [6.07, 6.45) is 2.18. The minimum absolute atomic E-state index is 0. The molecule has 0 bridgehead atoms. The van der Waals surface area contributed by atoms with Gasteiger partial charge >= 0.3 is 0 Å². The molecule has 0 aromatic heterocycles. The van der Waals surface area contributed by atoms with E-state index in [9.17, 15) is 0 Å². The first-order valence-corrected chi connectivity index (χ1v) is 8.82. The van der Waals surface area contributed by atoms with Crippen LogP contribution in [0, 0.1) is 5.92 Å². The zero-order valence-electron chi connectivity index (χ0n) is 16.3. The van der Waals surface area contributed by atoms with Crippen molar-refractivity contribution in [3.63, 3.8) is 0 Å². The highest BCUT2D eigenvalue weighted by Gasteiger charge is 2.00. The van der Waals surface area contributed by atoms with Crippen LogP contribution in [0.3, 0.4) is 0 Å². The lowest BCUT2D eigenvalue weighted by Crippen LogP contribution is -2.37. The molecule has 6 heteroatoms. The molecule has 0 saturated carbocycles. The Balaban J connectivity index is 0.00000576. The Morgan fingerprint density at radius 3 is 2.40 bits per heavy atom. The van der Waals surface area contributed by atoms with Crippen LogP contribution in [-0.4, -0.2) is 51.7 Å². The van der Waals surface area contributed by atoms with Crippen LogP contribution in [0.1, 0.15) is 32.3 Å². The molecule has 0 aliphatic rings. The summed E-state index contributed by atoms with van der Waals surface area (Å²) >= 11 is 0. The molecule has 0 radical (unpaired) electrons. The Bertz CT molecular complexity index is 475. The Morgan fingerprint density at radius 2 is 1.84 bits per heavy atom. The molecule has 0 atom stereocenters. The Labute approximate surface area is 170 Å². The van der Waals surface area contributed by atoms with Gasteiger partial charge in [-0.05, 0) is 50.6 Å². The first-order valence-electron chi connectivity index (χ1n) is 8.82. The van der Waals surface area contributed by atoms with Gasteiger partial charge in [-0.1, -0.05) is 26.0 Å². The molecule has 0 fully saturated rings. The van der Waals surface area contributed by atoms with E-state index in [4.69, 9.17) is 4.74 Å². The molecular weight excluding hydrogens is 427 g/mol. The molecule has 2 N–H and O–H groups in total. The van der Waals surface area contributed by atoms with Crippen molar-refractivity contribution in [1.29, 1.82) is 0 Å². The number of benzene rings is 1. The van der Waals surface area contributed by atoms with Crippen LogP contribution in [0.25, 0.3) is 0 Å². The van der Waals surface area contributed by atoms with Crippen LogP contribution in [0.4, 0.5) is 0 Å². The fourth-order valence-corrected chi connectivity index (χ4v) is 2.16. The van der Waals surface area contributed by atoms with Gasteiger partial charge in [0, 0.05) is 26.7 Å². The highest BCUT2D eigenvalue weighted by Crippen LogP contribution is 2.12. The number of aliphatic imine (C=N–C) groups is 1. The van der Waals surface area contributed by atoms with Crippen molar-refractivity contribution in [2.75, 3.05) is 40.8 Å². The lowest BCUT2D eigenvalue weighted by molar-refractivity contribution is 0.281. The molecule has 0 spiro atoms. The van der Waals surface area contributed by atoms with Crippen molar-refractivity contribution in [1.82, 2.24) is 15.5 Å². The molecule has 0 heterocycles. The van der Waals surface area contributed by atoms with Crippen molar-refractivity contribution in [3.05, 3.63) is 29.8 Å². The average molecular weight is 462 g/mol. The van der Waals surface area contributed by atoms with E-state index in [0.29, 0.717) is 5.92 Å². The molecule has 1 aromatic rings. The van der Waals surface area contributed by atoms with Gasteiger partial charge in [0.1, 0.15) is 5.75 Å². The molecule has 0 amide bonds. The van der Waals surface area contributed by atoms with E-state index in [2.05, 4.69) is 60.6 Å². The molecule has 5 nitrogen and oxygen atoms in total. The second kappa shape index (κ2) is 14.2. The summed E-state index contributed by atoms with van der Waals surface area (Å²) in [5.74, 6) is 2.47. The Morgan fingerprint density at radius 1 is 1.16 bits per heavy atom. The summed E-state index contributed by atoms with van der Waals surface area (Å²) in [6, 6.07) is 8.24. The predicted molar refractivity (Wildman–Crippen MR) is 118 cm³/mol. The topological polar surface area (TPSA) is 48.9 Å². The Kier molecular flexibility index (Phi) is 13.6. The summed E-state index contributed by atoms with van der Waals surface area (Å²) in [7, 11) is 5.95. The van der Waals surface area contributed by atoms with Crippen molar-refractivity contribution in [3.8, 4) is 5.75 Å². The molecule has 25 heavy (non-hydrogen) atoms. The van der Waals surface area contributed by atoms with Crippen LogP contribution in [-0.2, 0) is 6.54 Å². The van der Waals surface area contributed by atoms with Crippen LogP contribution in [0.5, 0.6) is 5.75 Å². The second-order valence-electron chi connectivity index (χ2n) is 6.68. The van der Waals surface area contributed by atoms with Crippen LogP contribution < -0.4 is 15.4 Å². The molecule has 0 aliphatic heterocycles. The van der Waals surface area contributed by atoms with Crippen molar-refractivity contribution >= 4 is 29.9 Å². The number of rotatable bonds is 10. The summed E-state index contributed by atoms with van der Waals surface area (Å²) in [6.45, 7) is 7.94. The van der Waals surface area contributed by atoms with Crippen LogP contribution >= 0.6 is 24.0 Å². The van der Waals surface area contributed by atoms with E-state index < -0.39 is 0 Å². The van der Waals surface area contributed by atoms with E-state index >= 15 is 0 Å². The highest BCUT2D eigenvalue weighted by molar-refractivity contribution is 14.0. The fourth-order valence-electron chi connectivity index (χ4n) is 2.16.